The first-order valence-corrected chi connectivity index (χ1v) is 14.8. The van der Waals surface area contributed by atoms with Gasteiger partial charge in [0.05, 0.1) is 6.61 Å². The number of unbranched alkanes of at least 4 members (excludes halogenated alkanes) is 20. The molecule has 0 heterocycles. The molecular weight excluding hydrogens is 406 g/mol. The maximum absolute atomic E-state index is 11.8. The van der Waals surface area contributed by atoms with Crippen LogP contribution in [0.1, 0.15) is 161 Å². The van der Waals surface area contributed by atoms with E-state index < -0.39 is 0 Å². The predicted octanol–water partition coefficient (Wildman–Crippen LogP) is 9.43. The van der Waals surface area contributed by atoms with Crippen LogP contribution >= 0.6 is 0 Å². The molecule has 3 heteroatoms. The maximum atomic E-state index is 11.8. The number of rotatable bonds is 27. The Morgan fingerprint density at radius 1 is 0.576 bits per heavy atom. The topological polar surface area (TPSA) is 52.3 Å². The fraction of sp³-hybridized carbons (Fsp3) is 0.900. The first-order chi connectivity index (χ1) is 16.3. The lowest BCUT2D eigenvalue weighted by molar-refractivity contribution is -0.143. The van der Waals surface area contributed by atoms with Crippen LogP contribution in [0.5, 0.6) is 0 Å². The highest BCUT2D eigenvalue weighted by atomic mass is 16.5. The number of carbonyl (C=O) groups excluding carboxylic acids is 1. The van der Waals surface area contributed by atoms with Gasteiger partial charge in [-0.15, -0.1) is 0 Å². The monoisotopic (exact) mass is 465 g/mol. The van der Waals surface area contributed by atoms with E-state index in [-0.39, 0.29) is 5.97 Å². The predicted molar refractivity (Wildman–Crippen MR) is 146 cm³/mol. The van der Waals surface area contributed by atoms with Crippen molar-refractivity contribution in [2.75, 3.05) is 13.2 Å². The molecule has 0 bridgehead atoms. The quantitative estimate of drug-likeness (QED) is 0.0746. The lowest BCUT2D eigenvalue weighted by Gasteiger charge is -2.05. The zero-order valence-corrected chi connectivity index (χ0v) is 22.4. The van der Waals surface area contributed by atoms with Gasteiger partial charge in [0, 0.05) is 6.42 Å². The lowest BCUT2D eigenvalue weighted by Crippen LogP contribution is -2.05. The Morgan fingerprint density at radius 2 is 1.00 bits per heavy atom. The zero-order valence-electron chi connectivity index (χ0n) is 22.4. The van der Waals surface area contributed by atoms with Crippen LogP contribution in [0.25, 0.3) is 0 Å². The molecule has 0 aromatic rings. The highest BCUT2D eigenvalue weighted by molar-refractivity contribution is 5.69. The van der Waals surface area contributed by atoms with Crippen molar-refractivity contribution in [3.05, 3.63) is 12.2 Å². The molecule has 0 amide bonds. The summed E-state index contributed by atoms with van der Waals surface area (Å²) in [7, 11) is 0. The van der Waals surface area contributed by atoms with E-state index in [0.29, 0.717) is 13.0 Å². The van der Waals surface area contributed by atoms with Crippen LogP contribution in [-0.2, 0) is 9.53 Å². The van der Waals surface area contributed by atoms with Gasteiger partial charge in [-0.25, -0.2) is 0 Å². The van der Waals surface area contributed by atoms with Gasteiger partial charge >= 0.3 is 5.97 Å². The molecule has 0 aromatic heterocycles. The van der Waals surface area contributed by atoms with Gasteiger partial charge in [0.25, 0.3) is 0 Å². The van der Waals surface area contributed by atoms with Crippen molar-refractivity contribution in [2.24, 2.45) is 5.73 Å². The van der Waals surface area contributed by atoms with E-state index in [1.165, 1.54) is 128 Å². The van der Waals surface area contributed by atoms with E-state index in [1.807, 2.05) is 0 Å². The molecule has 0 fully saturated rings. The molecule has 0 aliphatic heterocycles. The largest absolute Gasteiger partial charge is 0.466 e. The van der Waals surface area contributed by atoms with Crippen LogP contribution in [0, 0.1) is 0 Å². The molecule has 2 N–H and O–H groups in total. The average Bonchev–Trinajstić information content (AvgIpc) is 2.82. The third-order valence-electron chi connectivity index (χ3n) is 6.50. The van der Waals surface area contributed by atoms with Gasteiger partial charge in [0.1, 0.15) is 0 Å². The van der Waals surface area contributed by atoms with Gasteiger partial charge in [-0.3, -0.25) is 4.79 Å². The van der Waals surface area contributed by atoms with Crippen LogP contribution in [0.2, 0.25) is 0 Å². The van der Waals surface area contributed by atoms with Gasteiger partial charge in [0.2, 0.25) is 0 Å². The SMILES string of the molecule is CCCCCCCC/C=C\CCCCCCCCOC(=O)CCCCCCCCCCCN. The van der Waals surface area contributed by atoms with Gasteiger partial charge in [-0.1, -0.05) is 122 Å². The summed E-state index contributed by atoms with van der Waals surface area (Å²) in [6.07, 6.45) is 34.8. The van der Waals surface area contributed by atoms with E-state index in [9.17, 15) is 4.79 Å². The third kappa shape index (κ3) is 29.1. The molecule has 0 atom stereocenters. The molecule has 3 nitrogen and oxygen atoms in total. The normalized spacial score (nSPS) is 11.5. The van der Waals surface area contributed by atoms with Crippen molar-refractivity contribution in [3.8, 4) is 0 Å². The van der Waals surface area contributed by atoms with Crippen LogP contribution in [0.4, 0.5) is 0 Å². The Hall–Kier alpha value is -0.830. The van der Waals surface area contributed by atoms with Crippen molar-refractivity contribution in [3.63, 3.8) is 0 Å². The number of nitrogens with two attached hydrogens (primary N) is 1. The first kappa shape index (κ1) is 32.2. The Kier molecular flexibility index (Phi) is 28.5. The van der Waals surface area contributed by atoms with E-state index in [2.05, 4.69) is 19.1 Å². The molecule has 0 spiro atoms. The summed E-state index contributed by atoms with van der Waals surface area (Å²) in [6, 6.07) is 0. The Morgan fingerprint density at radius 3 is 1.52 bits per heavy atom. The summed E-state index contributed by atoms with van der Waals surface area (Å²) in [5, 5.41) is 0. The fourth-order valence-electron chi connectivity index (χ4n) is 4.26. The molecule has 0 radical (unpaired) electrons. The van der Waals surface area contributed by atoms with Gasteiger partial charge < -0.3 is 10.5 Å². The molecule has 0 saturated carbocycles. The van der Waals surface area contributed by atoms with Gasteiger partial charge in [-0.2, -0.15) is 0 Å². The molecule has 0 rings (SSSR count). The zero-order chi connectivity index (χ0) is 24.1. The summed E-state index contributed by atoms with van der Waals surface area (Å²) >= 11 is 0. The number of hydrogen-bond donors (Lipinski definition) is 1. The lowest BCUT2D eigenvalue weighted by atomic mass is 10.1. The van der Waals surface area contributed by atoms with Crippen molar-refractivity contribution >= 4 is 5.97 Å². The smallest absolute Gasteiger partial charge is 0.305 e. The van der Waals surface area contributed by atoms with E-state index in [0.717, 1.165) is 25.8 Å². The highest BCUT2D eigenvalue weighted by Crippen LogP contribution is 2.12. The second-order valence-electron chi connectivity index (χ2n) is 9.88. The molecule has 196 valence electrons. The summed E-state index contributed by atoms with van der Waals surface area (Å²) in [5.41, 5.74) is 5.51. The third-order valence-corrected chi connectivity index (χ3v) is 6.50. The standard InChI is InChI=1S/C30H59NO2/c1-2-3-4-5-6-7-8-9-10-11-12-13-17-20-23-26-29-33-30(32)27-24-21-18-15-14-16-19-22-25-28-31/h9-10H,2-8,11-29,31H2,1H3/b10-9-. The van der Waals surface area contributed by atoms with E-state index in [1.54, 1.807) is 0 Å². The van der Waals surface area contributed by atoms with Crippen LogP contribution in [-0.4, -0.2) is 19.1 Å². The average molecular weight is 466 g/mol. The minimum Gasteiger partial charge on any atom is -0.466 e. The second kappa shape index (κ2) is 29.2. The number of allylic oxidation sites excluding steroid dienone is 2. The van der Waals surface area contributed by atoms with Crippen LogP contribution < -0.4 is 5.73 Å². The van der Waals surface area contributed by atoms with Gasteiger partial charge in [0.15, 0.2) is 0 Å². The van der Waals surface area contributed by atoms with Crippen molar-refractivity contribution < 1.29 is 9.53 Å². The molecular formula is C30H59NO2. The van der Waals surface area contributed by atoms with E-state index >= 15 is 0 Å². The summed E-state index contributed by atoms with van der Waals surface area (Å²) in [4.78, 5) is 11.8. The molecule has 0 aliphatic rings. The molecule has 33 heavy (non-hydrogen) atoms. The van der Waals surface area contributed by atoms with Gasteiger partial charge in [-0.05, 0) is 51.5 Å². The van der Waals surface area contributed by atoms with E-state index in [4.69, 9.17) is 10.5 Å². The highest BCUT2D eigenvalue weighted by Gasteiger charge is 2.02. The fourth-order valence-corrected chi connectivity index (χ4v) is 4.26. The number of hydrogen-bond acceptors (Lipinski definition) is 3. The molecule has 0 aliphatic carbocycles. The summed E-state index contributed by atoms with van der Waals surface area (Å²) < 4.78 is 5.39. The first-order valence-electron chi connectivity index (χ1n) is 14.8. The minimum atomic E-state index is 0.00420. The maximum Gasteiger partial charge on any atom is 0.305 e. The Labute approximate surface area is 207 Å². The summed E-state index contributed by atoms with van der Waals surface area (Å²) in [6.45, 7) is 3.72. The molecule has 0 unspecified atom stereocenters. The van der Waals surface area contributed by atoms with Crippen LogP contribution in [0.15, 0.2) is 12.2 Å². The minimum absolute atomic E-state index is 0.00420. The number of carbonyl (C=O) groups is 1. The number of ether oxygens (including phenoxy) is 1. The molecule has 0 saturated heterocycles. The number of esters is 1. The second-order valence-corrected chi connectivity index (χ2v) is 9.88. The Balaban J connectivity index is 3.18. The Bertz CT molecular complexity index is 408. The van der Waals surface area contributed by atoms with Crippen molar-refractivity contribution in [1.82, 2.24) is 0 Å². The molecule has 0 aromatic carbocycles. The summed E-state index contributed by atoms with van der Waals surface area (Å²) in [5.74, 6) is 0.00420. The van der Waals surface area contributed by atoms with Crippen molar-refractivity contribution in [1.29, 1.82) is 0 Å². The van der Waals surface area contributed by atoms with Crippen molar-refractivity contribution in [2.45, 2.75) is 161 Å². The van der Waals surface area contributed by atoms with Crippen LogP contribution in [0.3, 0.4) is 0 Å².